The van der Waals surface area contributed by atoms with Crippen molar-refractivity contribution >= 4 is 19.8 Å². The summed E-state index contributed by atoms with van der Waals surface area (Å²) in [4.78, 5) is 34.6. The minimum atomic E-state index is -4.36. The van der Waals surface area contributed by atoms with Crippen LogP contribution in [0.25, 0.3) is 0 Å². The molecule has 0 aromatic rings. The maximum absolute atomic E-state index is 12.5. The molecule has 0 aliphatic carbocycles. The monoisotopic (exact) mass is 748 g/mol. The molecule has 0 saturated carbocycles. The third-order valence-corrected chi connectivity index (χ3v) is 10.5. The van der Waals surface area contributed by atoms with Gasteiger partial charge in [-0.05, 0) is 12.8 Å². The molecule has 0 aromatic carbocycles. The Hall–Kier alpha value is -0.990. The number of rotatable bonds is 41. The lowest BCUT2D eigenvalue weighted by Crippen LogP contribution is -2.29. The van der Waals surface area contributed by atoms with Crippen LogP contribution in [0.15, 0.2) is 0 Å². The summed E-state index contributed by atoms with van der Waals surface area (Å²) >= 11 is 0. The first kappa shape index (κ1) is 50.0. The van der Waals surface area contributed by atoms with Crippen molar-refractivity contribution in [3.8, 4) is 0 Å². The van der Waals surface area contributed by atoms with Crippen LogP contribution in [0.2, 0.25) is 0 Å². The number of nitrogens with two attached hydrogens (primary N) is 1. The molecule has 0 heterocycles. The molecule has 0 spiro atoms. The molecule has 51 heavy (non-hydrogen) atoms. The standard InChI is InChI=1S/C41H82NO8P/c1-3-5-7-9-11-12-13-14-15-16-17-18-19-20-21-22-23-24-25-26-28-30-32-34-41(44)50-39(38-49-51(45,46)48-36-35-42)37-47-40(43)33-31-29-27-10-8-6-4-2/h39H,3-38,42H2,1-2H3,(H,45,46)/t39-/m1/s1. The van der Waals surface area contributed by atoms with Gasteiger partial charge in [0.25, 0.3) is 0 Å². The first-order valence-electron chi connectivity index (χ1n) is 21.5. The molecule has 0 amide bonds. The topological polar surface area (TPSA) is 134 Å². The van der Waals surface area contributed by atoms with Gasteiger partial charge in [-0.1, -0.05) is 194 Å². The molecule has 0 saturated heterocycles. The molecule has 3 N–H and O–H groups in total. The lowest BCUT2D eigenvalue weighted by Gasteiger charge is -2.19. The predicted molar refractivity (Wildman–Crippen MR) is 211 cm³/mol. The van der Waals surface area contributed by atoms with Gasteiger partial charge in [0.05, 0.1) is 13.2 Å². The minimum Gasteiger partial charge on any atom is -0.462 e. The van der Waals surface area contributed by atoms with Crippen LogP contribution in [-0.2, 0) is 32.7 Å². The number of esters is 2. The first-order valence-corrected chi connectivity index (χ1v) is 23.0. The maximum Gasteiger partial charge on any atom is 0.472 e. The van der Waals surface area contributed by atoms with E-state index in [0.29, 0.717) is 6.42 Å². The molecule has 0 aromatic heterocycles. The third kappa shape index (κ3) is 38.5. The highest BCUT2D eigenvalue weighted by molar-refractivity contribution is 7.47. The summed E-state index contributed by atoms with van der Waals surface area (Å²) in [5, 5.41) is 0. The van der Waals surface area contributed by atoms with Crippen molar-refractivity contribution < 1.29 is 37.6 Å². The maximum atomic E-state index is 12.5. The molecule has 304 valence electrons. The van der Waals surface area contributed by atoms with Gasteiger partial charge in [-0.3, -0.25) is 18.6 Å². The Morgan fingerprint density at radius 2 is 0.843 bits per heavy atom. The highest BCUT2D eigenvalue weighted by Gasteiger charge is 2.26. The van der Waals surface area contributed by atoms with Crippen LogP contribution >= 0.6 is 7.82 Å². The quantitative estimate of drug-likeness (QED) is 0.0356. The Kier molecular flexibility index (Phi) is 38.0. The van der Waals surface area contributed by atoms with Crippen LogP contribution in [0.1, 0.15) is 219 Å². The summed E-state index contributed by atoms with van der Waals surface area (Å²) < 4.78 is 32.6. The van der Waals surface area contributed by atoms with E-state index in [1.807, 2.05) is 0 Å². The summed E-state index contributed by atoms with van der Waals surface area (Å²) in [6.45, 7) is 3.71. The van der Waals surface area contributed by atoms with Gasteiger partial charge in [-0.2, -0.15) is 0 Å². The van der Waals surface area contributed by atoms with Crippen LogP contribution in [0.3, 0.4) is 0 Å². The van der Waals surface area contributed by atoms with Gasteiger partial charge >= 0.3 is 19.8 Å². The van der Waals surface area contributed by atoms with Gasteiger partial charge in [-0.25, -0.2) is 4.57 Å². The number of carbonyl (C=O) groups is 2. The van der Waals surface area contributed by atoms with Crippen LogP contribution in [-0.4, -0.2) is 49.3 Å². The van der Waals surface area contributed by atoms with Crippen molar-refractivity contribution in [2.75, 3.05) is 26.4 Å². The fourth-order valence-electron chi connectivity index (χ4n) is 6.28. The van der Waals surface area contributed by atoms with E-state index in [4.69, 9.17) is 24.3 Å². The Morgan fingerprint density at radius 1 is 0.510 bits per heavy atom. The Bertz CT molecular complexity index is 815. The van der Waals surface area contributed by atoms with Crippen molar-refractivity contribution in [1.29, 1.82) is 0 Å². The summed E-state index contributed by atoms with van der Waals surface area (Å²) in [6.07, 6.45) is 37.4. The number of hydrogen-bond acceptors (Lipinski definition) is 8. The van der Waals surface area contributed by atoms with Crippen LogP contribution in [0, 0.1) is 0 Å². The average molecular weight is 748 g/mol. The van der Waals surface area contributed by atoms with E-state index in [0.717, 1.165) is 32.1 Å². The second-order valence-corrected chi connectivity index (χ2v) is 16.0. The number of ether oxygens (including phenoxy) is 2. The van der Waals surface area contributed by atoms with E-state index in [2.05, 4.69) is 13.8 Å². The summed E-state index contributed by atoms with van der Waals surface area (Å²) in [7, 11) is -4.36. The highest BCUT2D eigenvalue weighted by atomic mass is 31.2. The molecular formula is C41H82NO8P. The largest absolute Gasteiger partial charge is 0.472 e. The van der Waals surface area contributed by atoms with Crippen molar-refractivity contribution in [1.82, 2.24) is 0 Å². The van der Waals surface area contributed by atoms with E-state index in [-0.39, 0.29) is 38.6 Å². The van der Waals surface area contributed by atoms with E-state index in [1.165, 1.54) is 154 Å². The van der Waals surface area contributed by atoms with Crippen LogP contribution < -0.4 is 5.73 Å². The van der Waals surface area contributed by atoms with E-state index in [9.17, 15) is 19.0 Å². The fourth-order valence-corrected chi connectivity index (χ4v) is 7.05. The molecular weight excluding hydrogens is 665 g/mol. The Balaban J connectivity index is 3.92. The Labute approximate surface area is 314 Å². The second-order valence-electron chi connectivity index (χ2n) is 14.6. The second kappa shape index (κ2) is 38.7. The van der Waals surface area contributed by atoms with Gasteiger partial charge in [0.1, 0.15) is 6.61 Å². The van der Waals surface area contributed by atoms with Gasteiger partial charge in [0.15, 0.2) is 6.10 Å². The third-order valence-electron chi connectivity index (χ3n) is 9.49. The number of unbranched alkanes of at least 4 members (excludes halogenated alkanes) is 28. The van der Waals surface area contributed by atoms with E-state index in [1.54, 1.807) is 0 Å². The SMILES string of the molecule is CCCCCCCCCCCCCCCCCCCCCCCCCC(=O)O[C@H](COC(=O)CCCCCCCCC)COP(=O)(O)OCCN. The molecule has 0 radical (unpaired) electrons. The highest BCUT2D eigenvalue weighted by Crippen LogP contribution is 2.43. The molecule has 0 bridgehead atoms. The van der Waals surface area contributed by atoms with Crippen molar-refractivity contribution in [3.05, 3.63) is 0 Å². The van der Waals surface area contributed by atoms with Crippen molar-refractivity contribution in [2.45, 2.75) is 225 Å². The molecule has 0 aliphatic rings. The zero-order valence-electron chi connectivity index (χ0n) is 33.4. The zero-order valence-corrected chi connectivity index (χ0v) is 34.3. The number of carbonyl (C=O) groups excluding carboxylic acids is 2. The predicted octanol–water partition coefficient (Wildman–Crippen LogP) is 12.1. The molecule has 0 aliphatic heterocycles. The molecule has 0 rings (SSSR count). The van der Waals surface area contributed by atoms with E-state index >= 15 is 0 Å². The minimum absolute atomic E-state index is 0.0576. The molecule has 0 fully saturated rings. The van der Waals surface area contributed by atoms with Crippen LogP contribution in [0.5, 0.6) is 0 Å². The number of phosphoric acid groups is 1. The number of hydrogen-bond donors (Lipinski definition) is 2. The van der Waals surface area contributed by atoms with Gasteiger partial charge < -0.3 is 20.1 Å². The summed E-state index contributed by atoms with van der Waals surface area (Å²) in [5.74, 6) is -0.822. The first-order chi connectivity index (χ1) is 24.8. The Morgan fingerprint density at radius 3 is 1.20 bits per heavy atom. The van der Waals surface area contributed by atoms with Crippen molar-refractivity contribution in [2.24, 2.45) is 5.73 Å². The average Bonchev–Trinajstić information content (AvgIpc) is 3.11. The molecule has 10 heteroatoms. The lowest BCUT2D eigenvalue weighted by molar-refractivity contribution is -0.161. The summed E-state index contributed by atoms with van der Waals surface area (Å²) in [5.41, 5.74) is 5.33. The lowest BCUT2D eigenvalue weighted by atomic mass is 10.0. The molecule has 9 nitrogen and oxygen atoms in total. The molecule has 2 atom stereocenters. The molecule has 1 unspecified atom stereocenters. The smallest absolute Gasteiger partial charge is 0.462 e. The van der Waals surface area contributed by atoms with Gasteiger partial charge in [-0.15, -0.1) is 0 Å². The van der Waals surface area contributed by atoms with Crippen molar-refractivity contribution in [3.63, 3.8) is 0 Å². The van der Waals surface area contributed by atoms with Crippen LogP contribution in [0.4, 0.5) is 0 Å². The normalized spacial score (nSPS) is 13.3. The zero-order chi connectivity index (χ0) is 37.5. The number of phosphoric ester groups is 1. The van der Waals surface area contributed by atoms with Gasteiger partial charge in [0, 0.05) is 19.4 Å². The summed E-state index contributed by atoms with van der Waals surface area (Å²) in [6, 6.07) is 0. The van der Waals surface area contributed by atoms with E-state index < -0.39 is 26.5 Å². The van der Waals surface area contributed by atoms with Gasteiger partial charge in [0.2, 0.25) is 0 Å². The fraction of sp³-hybridized carbons (Fsp3) is 0.951.